The zero-order chi connectivity index (χ0) is 12.1. The molecule has 1 fully saturated rings. The smallest absolute Gasteiger partial charge is 0.0574 e. The van der Waals surface area contributed by atoms with Crippen LogP contribution in [0.3, 0.4) is 0 Å². The molecule has 0 radical (unpaired) electrons. The zero-order valence-electron chi connectivity index (χ0n) is 10.9. The lowest BCUT2D eigenvalue weighted by Gasteiger charge is -2.45. The fourth-order valence-corrected chi connectivity index (χ4v) is 3.04. The molecule has 0 saturated heterocycles. The summed E-state index contributed by atoms with van der Waals surface area (Å²) < 4.78 is 5.53. The van der Waals surface area contributed by atoms with Crippen molar-refractivity contribution in [3.63, 3.8) is 0 Å². The Hall–Kier alpha value is -0.860. The molecule has 1 aromatic rings. The van der Waals surface area contributed by atoms with Crippen molar-refractivity contribution in [3.8, 4) is 0 Å². The number of hydrogen-bond donors (Lipinski definition) is 1. The van der Waals surface area contributed by atoms with E-state index in [1.807, 2.05) is 14.2 Å². The van der Waals surface area contributed by atoms with E-state index < -0.39 is 0 Å². The van der Waals surface area contributed by atoms with Gasteiger partial charge in [0.05, 0.1) is 6.61 Å². The van der Waals surface area contributed by atoms with Crippen molar-refractivity contribution in [1.82, 2.24) is 5.32 Å². The Morgan fingerprint density at radius 3 is 2.47 bits per heavy atom. The van der Waals surface area contributed by atoms with E-state index in [1.165, 1.54) is 24.8 Å². The number of likely N-dealkylation sites (N-methyl/N-ethyl adjacent to an activating group) is 1. The quantitative estimate of drug-likeness (QED) is 0.815. The van der Waals surface area contributed by atoms with E-state index in [2.05, 4.69) is 35.6 Å². The van der Waals surface area contributed by atoms with Crippen molar-refractivity contribution < 1.29 is 4.74 Å². The van der Waals surface area contributed by atoms with Crippen LogP contribution in [0, 0.1) is 5.92 Å². The van der Waals surface area contributed by atoms with Gasteiger partial charge < -0.3 is 10.1 Å². The molecule has 0 spiro atoms. The van der Waals surface area contributed by atoms with Gasteiger partial charge in [-0.15, -0.1) is 0 Å². The van der Waals surface area contributed by atoms with Crippen molar-refractivity contribution in [2.45, 2.75) is 24.7 Å². The van der Waals surface area contributed by atoms with Gasteiger partial charge in [0.2, 0.25) is 0 Å². The van der Waals surface area contributed by atoms with Crippen LogP contribution in [-0.4, -0.2) is 27.3 Å². The summed E-state index contributed by atoms with van der Waals surface area (Å²) in [5.74, 6) is 0.761. The lowest BCUT2D eigenvalue weighted by atomic mass is 9.62. The Morgan fingerprint density at radius 2 is 2.00 bits per heavy atom. The van der Waals surface area contributed by atoms with E-state index in [0.717, 1.165) is 19.1 Å². The molecule has 2 nitrogen and oxygen atoms in total. The third kappa shape index (κ3) is 2.38. The Labute approximate surface area is 104 Å². The van der Waals surface area contributed by atoms with E-state index in [4.69, 9.17) is 4.74 Å². The first-order valence-electron chi connectivity index (χ1n) is 6.52. The molecule has 0 aromatic heterocycles. The average molecular weight is 233 g/mol. The van der Waals surface area contributed by atoms with Gasteiger partial charge in [-0.2, -0.15) is 0 Å². The largest absolute Gasteiger partial charge is 0.384 e. The van der Waals surface area contributed by atoms with Crippen molar-refractivity contribution >= 4 is 0 Å². The second-order valence-electron chi connectivity index (χ2n) is 5.11. The minimum atomic E-state index is 0.156. The van der Waals surface area contributed by atoms with Crippen LogP contribution in [-0.2, 0) is 10.2 Å². The van der Waals surface area contributed by atoms with Crippen LogP contribution in [0.5, 0.6) is 0 Å². The zero-order valence-corrected chi connectivity index (χ0v) is 10.9. The maximum absolute atomic E-state index is 5.53. The molecule has 2 rings (SSSR count). The molecule has 0 bridgehead atoms. The van der Waals surface area contributed by atoms with Crippen molar-refractivity contribution in [2.75, 3.05) is 27.3 Å². The minimum absolute atomic E-state index is 0.156. The minimum Gasteiger partial charge on any atom is -0.384 e. The second-order valence-corrected chi connectivity index (χ2v) is 5.11. The van der Waals surface area contributed by atoms with Crippen molar-refractivity contribution in [2.24, 2.45) is 5.92 Å². The summed E-state index contributed by atoms with van der Waals surface area (Å²) in [5, 5.41) is 3.36. The van der Waals surface area contributed by atoms with Gasteiger partial charge >= 0.3 is 0 Å². The third-order valence-electron chi connectivity index (χ3n) is 4.13. The summed E-state index contributed by atoms with van der Waals surface area (Å²) in [4.78, 5) is 0. The van der Waals surface area contributed by atoms with E-state index in [-0.39, 0.29) is 5.41 Å². The molecule has 0 aliphatic heterocycles. The van der Waals surface area contributed by atoms with Gasteiger partial charge in [0.1, 0.15) is 0 Å². The molecule has 2 heteroatoms. The summed E-state index contributed by atoms with van der Waals surface area (Å²) in [7, 11) is 3.85. The molecule has 1 saturated carbocycles. The highest BCUT2D eigenvalue weighted by Gasteiger charge is 2.42. The fourth-order valence-electron chi connectivity index (χ4n) is 3.04. The van der Waals surface area contributed by atoms with Gasteiger partial charge in [0.25, 0.3) is 0 Å². The third-order valence-corrected chi connectivity index (χ3v) is 4.13. The molecule has 17 heavy (non-hydrogen) atoms. The first-order valence-corrected chi connectivity index (χ1v) is 6.52. The second kappa shape index (κ2) is 5.65. The Kier molecular flexibility index (Phi) is 4.19. The van der Waals surface area contributed by atoms with Gasteiger partial charge in [-0.3, -0.25) is 0 Å². The molecule has 1 atom stereocenters. The lowest BCUT2D eigenvalue weighted by Crippen LogP contribution is -2.49. The molecule has 1 unspecified atom stereocenters. The highest BCUT2D eigenvalue weighted by Crippen LogP contribution is 2.44. The standard InChI is InChI=1S/C15H23NO/c1-16-11-15(12-17-2,14-9-6-10-14)13-7-4-3-5-8-13/h3-5,7-8,14,16H,6,9-12H2,1-2H3. The molecule has 0 amide bonds. The highest BCUT2D eigenvalue weighted by atomic mass is 16.5. The number of hydrogen-bond acceptors (Lipinski definition) is 2. The number of methoxy groups -OCH3 is 1. The van der Waals surface area contributed by atoms with Crippen LogP contribution in [0.1, 0.15) is 24.8 Å². The summed E-state index contributed by atoms with van der Waals surface area (Å²) in [6, 6.07) is 10.8. The van der Waals surface area contributed by atoms with Crippen molar-refractivity contribution in [3.05, 3.63) is 35.9 Å². The molecule has 1 N–H and O–H groups in total. The highest BCUT2D eigenvalue weighted by molar-refractivity contribution is 5.28. The number of nitrogens with one attached hydrogen (secondary N) is 1. The Bertz CT molecular complexity index is 326. The van der Waals surface area contributed by atoms with Crippen LogP contribution in [0.2, 0.25) is 0 Å². The summed E-state index contributed by atoms with van der Waals surface area (Å²) in [6.07, 6.45) is 4.03. The SMILES string of the molecule is CNCC(COC)(c1ccccc1)C1CCC1. The first kappa shape index (κ1) is 12.6. The molecular weight excluding hydrogens is 210 g/mol. The fraction of sp³-hybridized carbons (Fsp3) is 0.600. The molecule has 94 valence electrons. The molecule has 1 aliphatic carbocycles. The van der Waals surface area contributed by atoms with Crippen LogP contribution in [0.4, 0.5) is 0 Å². The van der Waals surface area contributed by atoms with Gasteiger partial charge in [-0.05, 0) is 31.4 Å². The Balaban J connectivity index is 2.32. The monoisotopic (exact) mass is 233 g/mol. The maximum Gasteiger partial charge on any atom is 0.0574 e. The van der Waals surface area contributed by atoms with Gasteiger partial charge in [0, 0.05) is 19.1 Å². The van der Waals surface area contributed by atoms with Gasteiger partial charge in [-0.1, -0.05) is 36.8 Å². The average Bonchev–Trinajstić information content (AvgIpc) is 2.28. The van der Waals surface area contributed by atoms with Gasteiger partial charge in [-0.25, -0.2) is 0 Å². The Morgan fingerprint density at radius 1 is 1.29 bits per heavy atom. The molecule has 1 aliphatic rings. The van der Waals surface area contributed by atoms with Crippen LogP contribution < -0.4 is 5.32 Å². The van der Waals surface area contributed by atoms with E-state index in [1.54, 1.807) is 0 Å². The predicted molar refractivity (Wildman–Crippen MR) is 71.3 cm³/mol. The summed E-state index contributed by atoms with van der Waals surface area (Å²) in [5.41, 5.74) is 1.57. The van der Waals surface area contributed by atoms with Crippen LogP contribution in [0.25, 0.3) is 0 Å². The normalized spacial score (nSPS) is 19.6. The summed E-state index contributed by atoms with van der Waals surface area (Å²) in [6.45, 7) is 1.80. The molecular formula is C15H23NO. The van der Waals surface area contributed by atoms with E-state index in [0.29, 0.717) is 0 Å². The number of benzene rings is 1. The molecule has 1 aromatic carbocycles. The summed E-state index contributed by atoms with van der Waals surface area (Å²) >= 11 is 0. The topological polar surface area (TPSA) is 21.3 Å². The van der Waals surface area contributed by atoms with Crippen LogP contribution >= 0.6 is 0 Å². The number of rotatable bonds is 6. The lowest BCUT2D eigenvalue weighted by molar-refractivity contribution is 0.0569. The number of ether oxygens (including phenoxy) is 1. The molecule has 0 heterocycles. The van der Waals surface area contributed by atoms with Crippen molar-refractivity contribution in [1.29, 1.82) is 0 Å². The first-order chi connectivity index (χ1) is 8.33. The predicted octanol–water partition coefficient (Wildman–Crippen LogP) is 2.59. The van der Waals surface area contributed by atoms with E-state index >= 15 is 0 Å². The van der Waals surface area contributed by atoms with Gasteiger partial charge in [0.15, 0.2) is 0 Å². The van der Waals surface area contributed by atoms with E-state index in [9.17, 15) is 0 Å². The maximum atomic E-state index is 5.53. The van der Waals surface area contributed by atoms with Crippen LogP contribution in [0.15, 0.2) is 30.3 Å².